The number of hydrogen-bond donors (Lipinski definition) is 3. The van der Waals surface area contributed by atoms with Crippen LogP contribution in [0.2, 0.25) is 0 Å². The number of fused-ring (bicyclic) bond motifs is 3. The van der Waals surface area contributed by atoms with Gasteiger partial charge in [-0.3, -0.25) is 9.59 Å². The van der Waals surface area contributed by atoms with Gasteiger partial charge in [0.25, 0.3) is 11.8 Å². The average Bonchev–Trinajstić information content (AvgIpc) is 3.23. The third-order valence-electron chi connectivity index (χ3n) is 6.03. The number of benzene rings is 1. The van der Waals surface area contributed by atoms with Crippen molar-refractivity contribution in [1.29, 1.82) is 0 Å². The van der Waals surface area contributed by atoms with E-state index in [4.69, 9.17) is 5.73 Å². The van der Waals surface area contributed by atoms with Crippen LogP contribution in [0, 0.1) is 17.7 Å². The molecule has 0 spiro atoms. The topological polar surface area (TPSA) is 88.0 Å². The van der Waals surface area contributed by atoms with Crippen molar-refractivity contribution >= 4 is 22.7 Å². The maximum Gasteiger partial charge on any atom is 0.296 e. The summed E-state index contributed by atoms with van der Waals surface area (Å²) in [6.45, 7) is 1.63. The van der Waals surface area contributed by atoms with Gasteiger partial charge in [0.1, 0.15) is 5.82 Å². The molecule has 1 unspecified atom stereocenters. The largest absolute Gasteiger partial charge is 0.366 e. The van der Waals surface area contributed by atoms with E-state index >= 15 is 4.39 Å². The first-order chi connectivity index (χ1) is 13.5. The predicted octanol–water partition coefficient (Wildman–Crippen LogP) is 3.06. The van der Waals surface area contributed by atoms with E-state index in [2.05, 4.69) is 22.1 Å². The molecule has 0 saturated heterocycles. The number of carbonyl (C=O) groups is 2. The minimum absolute atomic E-state index is 0.0152. The van der Waals surface area contributed by atoms with Crippen LogP contribution in [-0.4, -0.2) is 22.8 Å². The number of amides is 2. The molecule has 28 heavy (non-hydrogen) atoms. The quantitative estimate of drug-likeness (QED) is 0.714. The van der Waals surface area contributed by atoms with Gasteiger partial charge in [-0.2, -0.15) is 0 Å². The number of halogens is 1. The molecular formula is C22H24FN3O2. The van der Waals surface area contributed by atoms with E-state index in [0.717, 1.165) is 55.2 Å². The Morgan fingerprint density at radius 2 is 2.11 bits per heavy atom. The Labute approximate surface area is 163 Å². The van der Waals surface area contributed by atoms with E-state index in [1.54, 1.807) is 6.92 Å². The van der Waals surface area contributed by atoms with Gasteiger partial charge >= 0.3 is 0 Å². The van der Waals surface area contributed by atoms with Crippen molar-refractivity contribution in [1.82, 2.24) is 10.3 Å². The molecule has 1 aromatic heterocycles. The zero-order valence-corrected chi connectivity index (χ0v) is 16.0. The number of rotatable bonds is 3. The van der Waals surface area contributed by atoms with Crippen molar-refractivity contribution in [3.8, 4) is 11.8 Å². The molecule has 0 radical (unpaired) electrons. The second-order valence-electron chi connectivity index (χ2n) is 7.78. The minimum Gasteiger partial charge on any atom is -0.366 e. The Morgan fingerprint density at radius 1 is 1.29 bits per heavy atom. The van der Waals surface area contributed by atoms with E-state index in [0.29, 0.717) is 17.5 Å². The zero-order valence-electron chi connectivity index (χ0n) is 16.0. The number of H-pyrrole nitrogens is 1. The molecule has 5 nitrogen and oxygen atoms in total. The molecule has 4 N–H and O–H groups in total. The molecule has 2 aliphatic rings. The van der Waals surface area contributed by atoms with Crippen LogP contribution >= 0.6 is 0 Å². The Bertz CT molecular complexity index is 1030. The van der Waals surface area contributed by atoms with Gasteiger partial charge in [0.05, 0.1) is 11.1 Å². The molecule has 1 saturated carbocycles. The number of aromatic amines is 1. The summed E-state index contributed by atoms with van der Waals surface area (Å²) in [6, 6.07) is 1.25. The second kappa shape index (κ2) is 7.31. The molecule has 2 amide bonds. The summed E-state index contributed by atoms with van der Waals surface area (Å²) in [4.78, 5) is 27.1. The SMILES string of the molecule is CC#CC(=O)N[C@H]1CCCC(c2c(F)cc(C(N)=O)c3[nH]c4c(c23)CCC4)C1. The standard InChI is InChI=1S/C22H24FN3O2/c1-2-5-18(27)25-13-7-3-6-12(10-13)19-16(23)11-15(22(24)28)21-20(19)14-8-4-9-17(14)26-21/h11-13,26H,3-4,6-10H2,1H3,(H2,24,28)(H,25,27)/t12?,13-/m0/s1. The summed E-state index contributed by atoms with van der Waals surface area (Å²) in [5.41, 5.74) is 9.26. The number of nitrogens with two attached hydrogens (primary N) is 1. The van der Waals surface area contributed by atoms with E-state index in [-0.39, 0.29) is 29.2 Å². The van der Waals surface area contributed by atoms with Crippen LogP contribution < -0.4 is 11.1 Å². The molecule has 1 aromatic carbocycles. The highest BCUT2D eigenvalue weighted by atomic mass is 19.1. The average molecular weight is 381 g/mol. The number of carbonyl (C=O) groups excluding carboxylic acids is 2. The molecular weight excluding hydrogens is 357 g/mol. The van der Waals surface area contributed by atoms with Gasteiger partial charge < -0.3 is 16.0 Å². The van der Waals surface area contributed by atoms with E-state index in [1.165, 1.54) is 6.07 Å². The fourth-order valence-electron chi connectivity index (χ4n) is 4.93. The lowest BCUT2D eigenvalue weighted by Gasteiger charge is -2.30. The van der Waals surface area contributed by atoms with Crippen LogP contribution in [0.15, 0.2) is 6.07 Å². The summed E-state index contributed by atoms with van der Waals surface area (Å²) >= 11 is 0. The molecule has 146 valence electrons. The summed E-state index contributed by atoms with van der Waals surface area (Å²) in [7, 11) is 0. The molecule has 0 bridgehead atoms. The van der Waals surface area contributed by atoms with Crippen molar-refractivity contribution in [3.05, 3.63) is 34.3 Å². The van der Waals surface area contributed by atoms with Crippen LogP contribution in [0.3, 0.4) is 0 Å². The summed E-state index contributed by atoms with van der Waals surface area (Å²) in [5, 5.41) is 3.79. The van der Waals surface area contributed by atoms with E-state index in [1.807, 2.05) is 0 Å². The normalized spacial score (nSPS) is 21.1. The summed E-state index contributed by atoms with van der Waals surface area (Å²) in [6.07, 6.45) is 6.10. The molecule has 4 rings (SSSR count). The summed E-state index contributed by atoms with van der Waals surface area (Å²) < 4.78 is 15.2. The van der Waals surface area contributed by atoms with Gasteiger partial charge in [-0.05, 0) is 68.9 Å². The van der Waals surface area contributed by atoms with Gasteiger partial charge in [0.15, 0.2) is 0 Å². The van der Waals surface area contributed by atoms with Crippen molar-refractivity contribution in [2.75, 3.05) is 0 Å². The molecule has 6 heteroatoms. The first kappa shape index (κ1) is 18.5. The number of primary amides is 1. The van der Waals surface area contributed by atoms with Crippen LogP contribution in [0.4, 0.5) is 4.39 Å². The lowest BCUT2D eigenvalue weighted by atomic mass is 9.79. The monoisotopic (exact) mass is 381 g/mol. The Hall–Kier alpha value is -2.81. The van der Waals surface area contributed by atoms with E-state index in [9.17, 15) is 9.59 Å². The van der Waals surface area contributed by atoms with Crippen LogP contribution in [0.25, 0.3) is 10.9 Å². The third-order valence-corrected chi connectivity index (χ3v) is 6.03. The smallest absolute Gasteiger partial charge is 0.296 e. The van der Waals surface area contributed by atoms with Crippen LogP contribution in [0.5, 0.6) is 0 Å². The highest BCUT2D eigenvalue weighted by molar-refractivity contribution is 6.07. The maximum absolute atomic E-state index is 15.2. The van der Waals surface area contributed by atoms with Crippen LogP contribution in [0.1, 0.15) is 72.1 Å². The number of aryl methyl sites for hydroxylation is 2. The molecule has 2 atom stereocenters. The number of aromatic nitrogens is 1. The Balaban J connectivity index is 1.77. The van der Waals surface area contributed by atoms with Crippen molar-refractivity contribution in [2.24, 2.45) is 5.73 Å². The maximum atomic E-state index is 15.2. The lowest BCUT2D eigenvalue weighted by molar-refractivity contribution is -0.116. The van der Waals surface area contributed by atoms with Crippen molar-refractivity contribution in [2.45, 2.75) is 63.8 Å². The predicted molar refractivity (Wildman–Crippen MR) is 105 cm³/mol. The highest BCUT2D eigenvalue weighted by Crippen LogP contribution is 2.42. The van der Waals surface area contributed by atoms with Gasteiger partial charge in [-0.1, -0.05) is 12.3 Å². The highest BCUT2D eigenvalue weighted by Gasteiger charge is 2.31. The number of hydrogen-bond acceptors (Lipinski definition) is 2. The van der Waals surface area contributed by atoms with Gasteiger partial charge in [-0.15, -0.1) is 0 Å². The third kappa shape index (κ3) is 3.15. The molecule has 1 fully saturated rings. The lowest BCUT2D eigenvalue weighted by Crippen LogP contribution is -2.37. The minimum atomic E-state index is -0.623. The fraction of sp³-hybridized carbons (Fsp3) is 0.455. The fourth-order valence-corrected chi connectivity index (χ4v) is 4.93. The van der Waals surface area contributed by atoms with Crippen molar-refractivity contribution in [3.63, 3.8) is 0 Å². The first-order valence-electron chi connectivity index (χ1n) is 9.88. The molecule has 2 aromatic rings. The first-order valence-corrected chi connectivity index (χ1v) is 9.88. The van der Waals surface area contributed by atoms with Gasteiger partial charge in [0, 0.05) is 22.7 Å². The van der Waals surface area contributed by atoms with Gasteiger partial charge in [-0.25, -0.2) is 4.39 Å². The van der Waals surface area contributed by atoms with Crippen LogP contribution in [-0.2, 0) is 17.6 Å². The molecule has 2 aliphatic carbocycles. The van der Waals surface area contributed by atoms with E-state index < -0.39 is 5.91 Å². The number of nitrogens with one attached hydrogen (secondary N) is 2. The zero-order chi connectivity index (χ0) is 19.8. The second-order valence-corrected chi connectivity index (χ2v) is 7.78. The summed E-state index contributed by atoms with van der Waals surface area (Å²) in [5.74, 6) is 3.81. The van der Waals surface area contributed by atoms with Gasteiger partial charge in [0.2, 0.25) is 0 Å². The Kier molecular flexibility index (Phi) is 4.84. The molecule has 1 heterocycles. The van der Waals surface area contributed by atoms with Crippen molar-refractivity contribution < 1.29 is 14.0 Å². The molecule has 0 aliphatic heterocycles. The Morgan fingerprint density at radius 3 is 2.86 bits per heavy atom.